The molecule has 0 aromatic carbocycles. The Morgan fingerprint density at radius 3 is 3.09 bits per heavy atom. The van der Waals surface area contributed by atoms with Crippen LogP contribution in [0.15, 0.2) is 44.3 Å². The lowest BCUT2D eigenvalue weighted by Gasteiger charge is -2.12. The summed E-state index contributed by atoms with van der Waals surface area (Å²) < 4.78 is 17.0. The van der Waals surface area contributed by atoms with Crippen molar-refractivity contribution in [3.63, 3.8) is 0 Å². The fourth-order valence-corrected chi connectivity index (χ4v) is 2.74. The Labute approximate surface area is 140 Å². The molecule has 0 bridgehead atoms. The summed E-state index contributed by atoms with van der Waals surface area (Å²) in [5.74, 6) is 1.54. The first-order chi connectivity index (χ1) is 11.3. The largest absolute Gasteiger partial charge is 0.489 e. The van der Waals surface area contributed by atoms with Crippen LogP contribution in [0.3, 0.4) is 0 Å². The smallest absolute Gasteiger partial charge is 0.261 e. The number of aromatic nitrogens is 3. The SMILES string of the molecule is Brc1cc(-c2nc(-c3cc(OC4CCNC4)ccn3)no2)co1. The van der Waals surface area contributed by atoms with Crippen LogP contribution in [0.5, 0.6) is 5.75 Å². The lowest BCUT2D eigenvalue weighted by Crippen LogP contribution is -2.19. The van der Waals surface area contributed by atoms with Crippen molar-refractivity contribution in [3.05, 3.63) is 35.3 Å². The second-order valence-corrected chi connectivity index (χ2v) is 5.95. The summed E-state index contributed by atoms with van der Waals surface area (Å²) in [4.78, 5) is 8.63. The Bertz CT molecular complexity index is 810. The molecule has 0 amide bonds. The molecule has 3 aromatic heterocycles. The lowest BCUT2D eigenvalue weighted by atomic mass is 10.3. The van der Waals surface area contributed by atoms with Crippen LogP contribution in [0.25, 0.3) is 23.0 Å². The molecule has 1 N–H and O–H groups in total. The minimum absolute atomic E-state index is 0.189. The lowest BCUT2D eigenvalue weighted by molar-refractivity contribution is 0.223. The standard InChI is InChI=1S/C15H13BrN4O3/c16-13-5-9(8-21-13)15-19-14(20-23-15)12-6-10(2-4-18-12)22-11-1-3-17-7-11/h2,4-6,8,11,17H,1,3,7H2. The van der Waals surface area contributed by atoms with E-state index < -0.39 is 0 Å². The van der Waals surface area contributed by atoms with Crippen LogP contribution < -0.4 is 10.1 Å². The maximum atomic E-state index is 5.92. The summed E-state index contributed by atoms with van der Waals surface area (Å²) in [5.41, 5.74) is 1.31. The van der Waals surface area contributed by atoms with Crippen molar-refractivity contribution in [1.82, 2.24) is 20.4 Å². The van der Waals surface area contributed by atoms with Gasteiger partial charge in [-0.1, -0.05) is 5.16 Å². The van der Waals surface area contributed by atoms with Crippen molar-refractivity contribution in [2.75, 3.05) is 13.1 Å². The van der Waals surface area contributed by atoms with Gasteiger partial charge in [-0.05, 0) is 35.0 Å². The highest BCUT2D eigenvalue weighted by atomic mass is 79.9. The van der Waals surface area contributed by atoms with Gasteiger partial charge in [0.1, 0.15) is 23.8 Å². The second kappa shape index (κ2) is 6.13. The van der Waals surface area contributed by atoms with E-state index in [1.807, 2.05) is 12.1 Å². The minimum atomic E-state index is 0.189. The molecular weight excluding hydrogens is 364 g/mol. The molecule has 1 atom stereocenters. The molecule has 1 fully saturated rings. The van der Waals surface area contributed by atoms with Gasteiger partial charge in [0.2, 0.25) is 5.82 Å². The summed E-state index contributed by atoms with van der Waals surface area (Å²) in [6.45, 7) is 1.84. The maximum Gasteiger partial charge on any atom is 0.261 e. The van der Waals surface area contributed by atoms with Crippen molar-refractivity contribution in [1.29, 1.82) is 0 Å². The molecular formula is C15H13BrN4O3. The second-order valence-electron chi connectivity index (χ2n) is 5.17. The molecule has 1 aliphatic heterocycles. The summed E-state index contributed by atoms with van der Waals surface area (Å²) in [5, 5.41) is 7.24. The Morgan fingerprint density at radius 2 is 2.30 bits per heavy atom. The van der Waals surface area contributed by atoms with Crippen LogP contribution in [0.1, 0.15) is 6.42 Å². The molecule has 0 radical (unpaired) electrons. The summed E-state index contributed by atoms with van der Waals surface area (Å²) in [7, 11) is 0. The number of hydrogen-bond acceptors (Lipinski definition) is 7. The molecule has 1 aliphatic rings. The quantitative estimate of drug-likeness (QED) is 0.748. The summed E-state index contributed by atoms with van der Waals surface area (Å²) in [6, 6.07) is 5.41. The van der Waals surface area contributed by atoms with Crippen molar-refractivity contribution < 1.29 is 13.7 Å². The number of hydrogen-bond donors (Lipinski definition) is 1. The first-order valence-electron chi connectivity index (χ1n) is 7.20. The van der Waals surface area contributed by atoms with E-state index in [-0.39, 0.29) is 6.10 Å². The van der Waals surface area contributed by atoms with Gasteiger partial charge in [-0.15, -0.1) is 0 Å². The zero-order valence-corrected chi connectivity index (χ0v) is 13.6. The number of rotatable bonds is 4. The number of nitrogens with zero attached hydrogens (tertiary/aromatic N) is 3. The number of halogens is 1. The number of furan rings is 1. The third kappa shape index (κ3) is 3.13. The molecule has 0 spiro atoms. The highest BCUT2D eigenvalue weighted by Gasteiger charge is 2.18. The predicted octanol–water partition coefficient (Wildman–Crippen LogP) is 2.89. The van der Waals surface area contributed by atoms with E-state index in [0.717, 1.165) is 25.3 Å². The molecule has 118 valence electrons. The van der Waals surface area contributed by atoms with E-state index in [2.05, 4.69) is 36.4 Å². The zero-order valence-electron chi connectivity index (χ0n) is 12.0. The van der Waals surface area contributed by atoms with Crippen LogP contribution in [0, 0.1) is 0 Å². The first-order valence-corrected chi connectivity index (χ1v) is 7.99. The van der Waals surface area contributed by atoms with E-state index >= 15 is 0 Å². The van der Waals surface area contributed by atoms with Crippen molar-refractivity contribution in [2.45, 2.75) is 12.5 Å². The van der Waals surface area contributed by atoms with Crippen LogP contribution in [-0.4, -0.2) is 34.3 Å². The van der Waals surface area contributed by atoms with Gasteiger partial charge in [-0.2, -0.15) is 4.98 Å². The number of nitrogens with one attached hydrogen (secondary N) is 1. The van der Waals surface area contributed by atoms with Crippen LogP contribution in [0.2, 0.25) is 0 Å². The van der Waals surface area contributed by atoms with Gasteiger partial charge >= 0.3 is 0 Å². The van der Waals surface area contributed by atoms with Gasteiger partial charge in [0.05, 0.1) is 5.56 Å². The van der Waals surface area contributed by atoms with E-state index in [1.54, 1.807) is 18.5 Å². The van der Waals surface area contributed by atoms with Crippen LogP contribution in [-0.2, 0) is 0 Å². The number of ether oxygens (including phenoxy) is 1. The Hall–Kier alpha value is -2.19. The predicted molar refractivity (Wildman–Crippen MR) is 84.8 cm³/mol. The summed E-state index contributed by atoms with van der Waals surface area (Å²) >= 11 is 3.24. The van der Waals surface area contributed by atoms with Gasteiger partial charge in [0.15, 0.2) is 4.67 Å². The molecule has 4 rings (SSSR count). The van der Waals surface area contributed by atoms with Gasteiger partial charge in [-0.25, -0.2) is 0 Å². The molecule has 1 unspecified atom stereocenters. The van der Waals surface area contributed by atoms with E-state index in [1.165, 1.54) is 0 Å². The summed E-state index contributed by atoms with van der Waals surface area (Å²) in [6.07, 6.45) is 4.41. The molecule has 0 aliphatic carbocycles. The molecule has 4 heterocycles. The van der Waals surface area contributed by atoms with E-state index in [9.17, 15) is 0 Å². The molecule has 1 saturated heterocycles. The highest BCUT2D eigenvalue weighted by molar-refractivity contribution is 9.10. The average Bonchev–Trinajstić information content (AvgIpc) is 3.28. The minimum Gasteiger partial charge on any atom is -0.489 e. The fourth-order valence-electron chi connectivity index (χ4n) is 2.39. The normalized spacial score (nSPS) is 17.5. The Kier molecular flexibility index (Phi) is 3.84. The molecule has 8 heteroatoms. The molecule has 3 aromatic rings. The van der Waals surface area contributed by atoms with Crippen LogP contribution in [0.4, 0.5) is 0 Å². The van der Waals surface area contributed by atoms with Crippen molar-refractivity contribution in [3.8, 4) is 28.7 Å². The van der Waals surface area contributed by atoms with Gasteiger partial charge < -0.3 is 19.0 Å². The Balaban J connectivity index is 1.57. The van der Waals surface area contributed by atoms with Gasteiger partial charge in [0.25, 0.3) is 5.89 Å². The number of pyridine rings is 1. The third-order valence-corrected chi connectivity index (χ3v) is 3.93. The fraction of sp³-hybridized carbons (Fsp3) is 0.267. The first kappa shape index (κ1) is 14.4. The average molecular weight is 377 g/mol. The molecule has 23 heavy (non-hydrogen) atoms. The van der Waals surface area contributed by atoms with Crippen LogP contribution >= 0.6 is 15.9 Å². The Morgan fingerprint density at radius 1 is 1.35 bits per heavy atom. The monoisotopic (exact) mass is 376 g/mol. The van der Waals surface area contributed by atoms with Gasteiger partial charge in [0, 0.05) is 24.9 Å². The topological polar surface area (TPSA) is 86.2 Å². The highest BCUT2D eigenvalue weighted by Crippen LogP contribution is 2.26. The zero-order chi connectivity index (χ0) is 15.6. The van der Waals surface area contributed by atoms with E-state index in [0.29, 0.717) is 27.6 Å². The van der Waals surface area contributed by atoms with E-state index in [4.69, 9.17) is 13.7 Å². The van der Waals surface area contributed by atoms with Crippen molar-refractivity contribution >= 4 is 15.9 Å². The van der Waals surface area contributed by atoms with Crippen molar-refractivity contribution in [2.24, 2.45) is 0 Å². The maximum absolute atomic E-state index is 5.92. The molecule has 0 saturated carbocycles. The third-order valence-electron chi connectivity index (χ3n) is 3.52. The van der Waals surface area contributed by atoms with Gasteiger partial charge in [-0.3, -0.25) is 4.98 Å². The molecule has 7 nitrogen and oxygen atoms in total.